The van der Waals surface area contributed by atoms with Crippen LogP contribution >= 0.6 is 0 Å². The molecule has 13 nitrogen and oxygen atoms in total. The second-order valence-electron chi connectivity index (χ2n) is 20.3. The zero-order valence-electron chi connectivity index (χ0n) is 40.2. The zero-order valence-corrected chi connectivity index (χ0v) is 40.2. The van der Waals surface area contributed by atoms with Crippen molar-refractivity contribution in [2.75, 3.05) is 6.61 Å². The first-order valence-electron chi connectivity index (χ1n) is 24.8. The van der Waals surface area contributed by atoms with Crippen molar-refractivity contribution in [1.82, 2.24) is 0 Å². The van der Waals surface area contributed by atoms with Crippen molar-refractivity contribution in [2.45, 2.75) is 146 Å². The van der Waals surface area contributed by atoms with E-state index in [4.69, 9.17) is 42.6 Å². The van der Waals surface area contributed by atoms with Crippen molar-refractivity contribution in [3.05, 3.63) is 190 Å². The molecular weight excluding hydrogens is 887 g/mol. The van der Waals surface area contributed by atoms with Gasteiger partial charge in [-0.1, -0.05) is 178 Å². The van der Waals surface area contributed by atoms with E-state index in [2.05, 4.69) is 30.8 Å². The number of rotatable bonds is 19. The van der Waals surface area contributed by atoms with Gasteiger partial charge >= 0.3 is 0 Å². The molecule has 1 N–H and O–H groups in total. The van der Waals surface area contributed by atoms with Gasteiger partial charge in [0.2, 0.25) is 0 Å². The fraction of sp³-hybridized carbons (Fsp3) is 0.474. The lowest BCUT2D eigenvalue weighted by Gasteiger charge is -2.49. The van der Waals surface area contributed by atoms with Crippen molar-refractivity contribution in [3.8, 4) is 0 Å². The van der Waals surface area contributed by atoms with Gasteiger partial charge in [0.15, 0.2) is 12.1 Å². The van der Waals surface area contributed by atoms with Crippen LogP contribution in [0, 0.1) is 16.7 Å². The summed E-state index contributed by atoms with van der Waals surface area (Å²) in [6, 6.07) is 48.4. The molecule has 368 valence electrons. The predicted molar refractivity (Wildman–Crippen MR) is 260 cm³/mol. The second-order valence-corrected chi connectivity index (χ2v) is 20.3. The Bertz CT molecular complexity index is 2490. The van der Waals surface area contributed by atoms with Crippen LogP contribution < -0.4 is 0 Å². The molecule has 2 bridgehead atoms. The maximum Gasteiger partial charge on any atom is 0.175 e. The van der Waals surface area contributed by atoms with Crippen LogP contribution in [0.5, 0.6) is 0 Å². The number of fused-ring (bicyclic) bond motifs is 4. The van der Waals surface area contributed by atoms with Crippen molar-refractivity contribution >= 4 is 0 Å². The number of ether oxygens (including phenoxy) is 9. The van der Waals surface area contributed by atoms with E-state index < -0.39 is 73.1 Å². The van der Waals surface area contributed by atoms with Gasteiger partial charge in [-0.05, 0) is 57.5 Å². The molecule has 14 atom stereocenters. The summed E-state index contributed by atoms with van der Waals surface area (Å²) in [6.45, 7) is 8.12. The topological polar surface area (TPSA) is 152 Å². The first kappa shape index (κ1) is 48.6. The Labute approximate surface area is 410 Å². The molecule has 70 heavy (non-hydrogen) atoms. The molecule has 13 heteroatoms. The van der Waals surface area contributed by atoms with Crippen molar-refractivity contribution in [2.24, 2.45) is 21.9 Å². The van der Waals surface area contributed by atoms with Gasteiger partial charge in [0.05, 0.1) is 45.7 Å². The molecular formula is C57H65N3O10. The summed E-state index contributed by atoms with van der Waals surface area (Å²) in [5, 5.41) is 16.4. The largest absolute Gasteiger partial charge is 0.388 e. The van der Waals surface area contributed by atoms with Gasteiger partial charge in [-0.15, -0.1) is 0 Å². The maximum atomic E-state index is 12.1. The van der Waals surface area contributed by atoms with E-state index >= 15 is 0 Å². The van der Waals surface area contributed by atoms with Crippen LogP contribution in [0.15, 0.2) is 157 Å². The maximum absolute atomic E-state index is 12.1. The lowest BCUT2D eigenvalue weighted by atomic mass is 9.68. The summed E-state index contributed by atoms with van der Waals surface area (Å²) < 4.78 is 63.5. The average Bonchev–Trinajstić information content (AvgIpc) is 3.93. The molecule has 1 spiro atoms. The summed E-state index contributed by atoms with van der Waals surface area (Å²) in [7, 11) is 0. The van der Waals surface area contributed by atoms with Gasteiger partial charge in [0, 0.05) is 16.7 Å². The summed E-state index contributed by atoms with van der Waals surface area (Å²) in [5.74, 6) is -0.612. The fourth-order valence-electron chi connectivity index (χ4n) is 11.7. The lowest BCUT2D eigenvalue weighted by Crippen LogP contribution is -2.67. The molecule has 5 aromatic rings. The molecule has 0 unspecified atom stereocenters. The summed E-state index contributed by atoms with van der Waals surface area (Å²) in [6.07, 6.45) is -6.58. The Morgan fingerprint density at radius 2 is 1.01 bits per heavy atom. The minimum absolute atomic E-state index is 0.00940. The SMILES string of the molecule is CC1(C)[C@H]2CC[C@]1(C)[C@]1(C2)O[C@@H]2[C@H](OCc3ccccc3)[C@@H](OCc3ccccc3)[C@H](OCc3ccccc3)[C@@H](O[C@H]3O[C@H](COCc4ccccc4)[C@@H](O)[C@H](OCc4ccccc4)[C@H]3N=[N+]=[N-])[C@@H]2O1. The minimum atomic E-state index is -1.28. The van der Waals surface area contributed by atoms with Crippen LogP contribution in [0.2, 0.25) is 0 Å². The highest BCUT2D eigenvalue weighted by Crippen LogP contribution is 2.73. The van der Waals surface area contributed by atoms with Crippen LogP contribution in [0.25, 0.3) is 10.4 Å². The number of hydrogen-bond acceptors (Lipinski definition) is 11. The molecule has 2 saturated heterocycles. The van der Waals surface area contributed by atoms with Crippen molar-refractivity contribution in [3.63, 3.8) is 0 Å². The molecule has 0 amide bonds. The molecule has 2 aliphatic heterocycles. The van der Waals surface area contributed by atoms with Crippen LogP contribution in [0.4, 0.5) is 0 Å². The third kappa shape index (κ3) is 9.83. The molecule has 5 aliphatic rings. The normalized spacial score (nSPS) is 34.0. The first-order chi connectivity index (χ1) is 34.2. The quantitative estimate of drug-likeness (QED) is 0.0481. The van der Waals surface area contributed by atoms with Gasteiger partial charge < -0.3 is 47.7 Å². The minimum Gasteiger partial charge on any atom is -0.388 e. The van der Waals surface area contributed by atoms with Crippen molar-refractivity contribution < 1.29 is 47.7 Å². The number of aliphatic hydroxyl groups excluding tert-OH is 1. The first-order valence-corrected chi connectivity index (χ1v) is 24.8. The number of aliphatic hydroxyl groups is 1. The summed E-state index contributed by atoms with van der Waals surface area (Å²) in [5.41, 5.74) is 14.6. The second kappa shape index (κ2) is 21.4. The van der Waals surface area contributed by atoms with Crippen molar-refractivity contribution in [1.29, 1.82) is 0 Å². The highest BCUT2D eigenvalue weighted by atomic mass is 16.8. The van der Waals surface area contributed by atoms with Crippen LogP contribution in [-0.4, -0.2) is 84.8 Å². The highest BCUT2D eigenvalue weighted by Gasteiger charge is 2.76. The zero-order chi connectivity index (χ0) is 48.1. The van der Waals surface area contributed by atoms with E-state index in [-0.39, 0.29) is 50.5 Å². The third-order valence-electron chi connectivity index (χ3n) is 16.0. The van der Waals surface area contributed by atoms with Gasteiger partial charge in [-0.3, -0.25) is 0 Å². The monoisotopic (exact) mass is 951 g/mol. The van der Waals surface area contributed by atoms with Gasteiger partial charge in [0.1, 0.15) is 54.9 Å². The predicted octanol–water partition coefficient (Wildman–Crippen LogP) is 10.0. The molecule has 3 saturated carbocycles. The molecule has 0 radical (unpaired) electrons. The van der Waals surface area contributed by atoms with Gasteiger partial charge in [0.25, 0.3) is 0 Å². The Morgan fingerprint density at radius 3 is 1.46 bits per heavy atom. The molecule has 2 heterocycles. The summed E-state index contributed by atoms with van der Waals surface area (Å²) in [4.78, 5) is 3.29. The number of hydrogen-bond donors (Lipinski definition) is 1. The number of benzene rings is 5. The lowest BCUT2D eigenvalue weighted by molar-refractivity contribution is -0.325. The van der Waals surface area contributed by atoms with E-state index in [1.165, 1.54) is 0 Å². The fourth-order valence-corrected chi connectivity index (χ4v) is 11.7. The third-order valence-corrected chi connectivity index (χ3v) is 16.0. The Balaban J connectivity index is 1.06. The van der Waals surface area contributed by atoms with Gasteiger partial charge in [-0.25, -0.2) is 0 Å². The molecule has 5 fully saturated rings. The van der Waals surface area contributed by atoms with E-state index in [9.17, 15) is 10.6 Å². The number of nitrogens with zero attached hydrogens (tertiary/aromatic N) is 3. The Morgan fingerprint density at radius 1 is 0.586 bits per heavy atom. The van der Waals surface area contributed by atoms with Crippen LogP contribution in [-0.2, 0) is 75.7 Å². The standard InChI is InChI=1S/C57H65N3O10/c1-55(2)43-29-30-56(55,3)57(31-43)69-52-50(66-36-42-27-17-8-18-28-42)48(64-34-40-23-13-6-14-24-40)49(65-35-41-25-15-7-16-26-41)51(53(52)70-57)68-54-45(59-60-58)47(63-33-39-21-11-5-12-22-39)46(61)44(67-54)37-62-32-38-19-9-4-10-20-38/h4-28,43-54,61H,29-37H2,1-3H3/t43-,44+,45+,46+,47+,48-,49-,50+,51+,52+,53-,54+,56-,57+/m0/s1. The molecule has 5 aromatic carbocycles. The van der Waals surface area contributed by atoms with E-state index in [1.807, 2.05) is 152 Å². The average molecular weight is 952 g/mol. The molecule has 0 aromatic heterocycles. The van der Waals surface area contributed by atoms with E-state index in [0.29, 0.717) is 12.3 Å². The van der Waals surface area contributed by atoms with E-state index in [0.717, 1.165) is 40.7 Å². The summed E-state index contributed by atoms with van der Waals surface area (Å²) >= 11 is 0. The Hall–Kier alpha value is -4.99. The van der Waals surface area contributed by atoms with E-state index in [1.54, 1.807) is 0 Å². The van der Waals surface area contributed by atoms with Crippen LogP contribution in [0.3, 0.4) is 0 Å². The molecule has 3 aliphatic carbocycles. The highest BCUT2D eigenvalue weighted by molar-refractivity contribution is 5.22. The Kier molecular flexibility index (Phi) is 14.9. The van der Waals surface area contributed by atoms with Gasteiger partial charge in [-0.2, -0.15) is 0 Å². The number of azide groups is 1. The smallest absolute Gasteiger partial charge is 0.175 e. The van der Waals surface area contributed by atoms with Crippen LogP contribution in [0.1, 0.15) is 67.9 Å². The molecule has 10 rings (SSSR count).